The zero-order chi connectivity index (χ0) is 16.0. The number of aromatic carboxylic acids is 1. The van der Waals surface area contributed by atoms with Crippen LogP contribution >= 0.6 is 0 Å². The molecular weight excluding hydrogens is 294 g/mol. The van der Waals surface area contributed by atoms with Gasteiger partial charge in [-0.2, -0.15) is 0 Å². The van der Waals surface area contributed by atoms with Gasteiger partial charge in [-0.15, -0.1) is 0 Å². The van der Waals surface area contributed by atoms with Crippen molar-refractivity contribution in [2.45, 2.75) is 0 Å². The Morgan fingerprint density at radius 3 is 2.70 bits per heavy atom. The first-order chi connectivity index (χ1) is 11.1. The van der Waals surface area contributed by atoms with Gasteiger partial charge in [0.15, 0.2) is 0 Å². The van der Waals surface area contributed by atoms with Gasteiger partial charge in [0.05, 0.1) is 11.0 Å². The maximum Gasteiger partial charge on any atom is 0.341 e. The van der Waals surface area contributed by atoms with Crippen LogP contribution in [-0.4, -0.2) is 26.0 Å². The molecule has 2 aromatic carbocycles. The fraction of sp³-hybridized carbons (Fsp3) is 0. The van der Waals surface area contributed by atoms with E-state index in [2.05, 4.69) is 15.0 Å². The minimum Gasteiger partial charge on any atom is -0.477 e. The zero-order valence-corrected chi connectivity index (χ0v) is 11.8. The molecule has 0 spiro atoms. The average Bonchev–Trinajstić information content (AvgIpc) is 2.98. The van der Waals surface area contributed by atoms with Crippen LogP contribution in [0, 0.1) is 0 Å². The summed E-state index contributed by atoms with van der Waals surface area (Å²) in [6, 6.07) is 12.8. The van der Waals surface area contributed by atoms with Crippen molar-refractivity contribution >= 4 is 27.9 Å². The summed E-state index contributed by atoms with van der Waals surface area (Å²) in [5.74, 6) is -0.615. The Kier molecular flexibility index (Phi) is 2.77. The molecule has 0 saturated carbocycles. The summed E-state index contributed by atoms with van der Waals surface area (Å²) < 4.78 is 0. The van der Waals surface area contributed by atoms with Crippen LogP contribution in [0.1, 0.15) is 10.4 Å². The van der Waals surface area contributed by atoms with Crippen LogP contribution < -0.4 is 5.43 Å². The van der Waals surface area contributed by atoms with Crippen LogP contribution in [0.5, 0.6) is 0 Å². The van der Waals surface area contributed by atoms with E-state index in [1.165, 1.54) is 6.20 Å². The topological polar surface area (TPSA) is 98.8 Å². The summed E-state index contributed by atoms with van der Waals surface area (Å²) >= 11 is 0. The standard InChI is InChI=1S/C17H11N3O3/c21-15-10-7-9(5-6-12(10)18-8-11(15)17(22)23)16-19-13-3-1-2-4-14(13)20-16/h1-8H,(H,18,21)(H,19,20)(H,22,23). The highest BCUT2D eigenvalue weighted by atomic mass is 16.4. The van der Waals surface area contributed by atoms with E-state index in [0.29, 0.717) is 16.7 Å². The van der Waals surface area contributed by atoms with Crippen LogP contribution in [-0.2, 0) is 0 Å². The van der Waals surface area contributed by atoms with Crippen LogP contribution in [0.2, 0.25) is 0 Å². The highest BCUT2D eigenvalue weighted by Crippen LogP contribution is 2.22. The quantitative estimate of drug-likeness (QED) is 0.530. The first-order valence-electron chi connectivity index (χ1n) is 6.97. The lowest BCUT2D eigenvalue weighted by Gasteiger charge is -2.02. The van der Waals surface area contributed by atoms with Crippen molar-refractivity contribution in [2.24, 2.45) is 0 Å². The molecule has 6 nitrogen and oxygen atoms in total. The molecule has 0 unspecified atom stereocenters. The Morgan fingerprint density at radius 2 is 1.91 bits per heavy atom. The lowest BCUT2D eigenvalue weighted by Crippen LogP contribution is -2.15. The number of pyridine rings is 1. The van der Waals surface area contributed by atoms with Gasteiger partial charge in [-0.25, -0.2) is 9.78 Å². The Hall–Kier alpha value is -3.41. The van der Waals surface area contributed by atoms with Gasteiger partial charge in [0, 0.05) is 22.7 Å². The number of fused-ring (bicyclic) bond motifs is 2. The molecule has 0 fully saturated rings. The number of H-pyrrole nitrogens is 2. The van der Waals surface area contributed by atoms with E-state index in [1.807, 2.05) is 30.3 Å². The summed E-state index contributed by atoms with van der Waals surface area (Å²) in [7, 11) is 0. The van der Waals surface area contributed by atoms with Crippen molar-refractivity contribution < 1.29 is 9.90 Å². The molecule has 0 radical (unpaired) electrons. The Labute approximate surface area is 129 Å². The Morgan fingerprint density at radius 1 is 1.09 bits per heavy atom. The molecule has 23 heavy (non-hydrogen) atoms. The van der Waals surface area contributed by atoms with Crippen LogP contribution in [0.15, 0.2) is 53.5 Å². The SMILES string of the molecule is O=C(O)c1c[nH]c2ccc(-c3nc4ccccc4[nH]3)cc2c1=O. The zero-order valence-electron chi connectivity index (χ0n) is 11.8. The number of carboxylic acids is 1. The van der Waals surface area contributed by atoms with Crippen molar-refractivity contribution in [1.82, 2.24) is 15.0 Å². The summed E-state index contributed by atoms with van der Waals surface area (Å²) in [6.07, 6.45) is 1.22. The van der Waals surface area contributed by atoms with Gasteiger partial charge in [-0.1, -0.05) is 12.1 Å². The fourth-order valence-corrected chi connectivity index (χ4v) is 2.61. The second-order valence-electron chi connectivity index (χ2n) is 5.20. The third-order valence-electron chi connectivity index (χ3n) is 3.77. The van der Waals surface area contributed by atoms with Gasteiger partial charge in [0.25, 0.3) is 0 Å². The number of aromatic nitrogens is 3. The third kappa shape index (κ3) is 2.08. The van der Waals surface area contributed by atoms with Crippen molar-refractivity contribution in [1.29, 1.82) is 0 Å². The number of para-hydroxylation sites is 2. The Balaban J connectivity index is 1.95. The smallest absolute Gasteiger partial charge is 0.341 e. The summed E-state index contributed by atoms with van der Waals surface area (Å²) in [6.45, 7) is 0. The molecule has 0 amide bonds. The molecule has 0 aliphatic heterocycles. The molecule has 2 heterocycles. The van der Waals surface area contributed by atoms with Crippen LogP contribution in [0.3, 0.4) is 0 Å². The first kappa shape index (κ1) is 13.3. The van der Waals surface area contributed by atoms with E-state index in [0.717, 1.165) is 16.6 Å². The van der Waals surface area contributed by atoms with Gasteiger partial charge in [0.2, 0.25) is 5.43 Å². The summed E-state index contributed by atoms with van der Waals surface area (Å²) in [5.41, 5.74) is 2.25. The van der Waals surface area contributed by atoms with Gasteiger partial charge in [-0.05, 0) is 30.3 Å². The number of nitrogens with zero attached hydrogens (tertiary/aromatic N) is 1. The van der Waals surface area contributed by atoms with Crippen LogP contribution in [0.4, 0.5) is 0 Å². The highest BCUT2D eigenvalue weighted by Gasteiger charge is 2.13. The molecule has 0 aliphatic carbocycles. The molecule has 2 aromatic heterocycles. The van der Waals surface area contributed by atoms with Crippen molar-refractivity contribution in [2.75, 3.05) is 0 Å². The number of aromatic amines is 2. The number of imidazole rings is 1. The molecule has 0 aliphatic rings. The molecule has 0 bridgehead atoms. The predicted molar refractivity (Wildman–Crippen MR) is 86.6 cm³/mol. The molecule has 0 saturated heterocycles. The van der Waals surface area contributed by atoms with E-state index in [-0.39, 0.29) is 5.56 Å². The normalized spacial score (nSPS) is 11.1. The second kappa shape index (κ2) is 4.81. The van der Waals surface area contributed by atoms with E-state index in [9.17, 15) is 9.59 Å². The third-order valence-corrected chi connectivity index (χ3v) is 3.77. The van der Waals surface area contributed by atoms with Crippen molar-refractivity contribution in [3.05, 3.63) is 64.4 Å². The molecule has 6 heteroatoms. The van der Waals surface area contributed by atoms with Crippen molar-refractivity contribution in [3.63, 3.8) is 0 Å². The number of benzene rings is 2. The molecule has 3 N–H and O–H groups in total. The number of hydrogen-bond donors (Lipinski definition) is 3. The van der Waals surface area contributed by atoms with Crippen LogP contribution in [0.25, 0.3) is 33.3 Å². The largest absolute Gasteiger partial charge is 0.477 e. The Bertz CT molecular complexity index is 1090. The number of rotatable bonds is 2. The minimum absolute atomic E-state index is 0.278. The molecule has 4 aromatic rings. The second-order valence-corrected chi connectivity index (χ2v) is 5.20. The first-order valence-corrected chi connectivity index (χ1v) is 6.97. The molecule has 112 valence electrons. The van der Waals surface area contributed by atoms with E-state index >= 15 is 0 Å². The summed E-state index contributed by atoms with van der Waals surface area (Å²) in [4.78, 5) is 33.9. The van der Waals surface area contributed by atoms with Gasteiger partial charge in [0.1, 0.15) is 11.4 Å². The maximum atomic E-state index is 12.3. The number of carboxylic acid groups (broad SMARTS) is 1. The number of nitrogens with one attached hydrogen (secondary N) is 2. The van der Waals surface area contributed by atoms with Gasteiger partial charge in [-0.3, -0.25) is 4.79 Å². The van der Waals surface area contributed by atoms with E-state index in [4.69, 9.17) is 5.11 Å². The average molecular weight is 305 g/mol. The fourth-order valence-electron chi connectivity index (χ4n) is 2.61. The maximum absolute atomic E-state index is 12.3. The monoisotopic (exact) mass is 305 g/mol. The molecule has 0 atom stereocenters. The highest BCUT2D eigenvalue weighted by molar-refractivity contribution is 5.93. The predicted octanol–water partition coefficient (Wildman–Crippen LogP) is 2.77. The lowest BCUT2D eigenvalue weighted by atomic mass is 10.1. The lowest BCUT2D eigenvalue weighted by molar-refractivity contribution is 0.0695. The molecular formula is C17H11N3O3. The number of carbonyl (C=O) groups is 1. The van der Waals surface area contributed by atoms with E-state index < -0.39 is 11.4 Å². The van der Waals surface area contributed by atoms with Crippen molar-refractivity contribution in [3.8, 4) is 11.4 Å². The molecule has 4 rings (SSSR count). The minimum atomic E-state index is -1.25. The summed E-state index contributed by atoms with van der Waals surface area (Å²) in [5, 5.41) is 9.39. The van der Waals surface area contributed by atoms with Gasteiger partial charge >= 0.3 is 5.97 Å². The number of hydrogen-bond acceptors (Lipinski definition) is 3. The van der Waals surface area contributed by atoms with Gasteiger partial charge < -0.3 is 15.1 Å². The van der Waals surface area contributed by atoms with E-state index in [1.54, 1.807) is 12.1 Å².